The molecule has 0 aliphatic rings. The lowest BCUT2D eigenvalue weighted by molar-refractivity contribution is 0.488. The summed E-state index contributed by atoms with van der Waals surface area (Å²) < 4.78 is 69.3. The van der Waals surface area contributed by atoms with Gasteiger partial charge in [-0.05, 0) is 104 Å². The van der Waals surface area contributed by atoms with Gasteiger partial charge in [0.05, 0.1) is 0 Å². The molecular formula is C46H50O6S3. The Balaban J connectivity index is 1.59. The zero-order valence-corrected chi connectivity index (χ0v) is 35.4. The van der Waals surface area contributed by atoms with Gasteiger partial charge >= 0.3 is 20.2 Å². The van der Waals surface area contributed by atoms with Gasteiger partial charge in [-0.15, -0.1) is 0 Å². The van der Waals surface area contributed by atoms with Crippen molar-refractivity contribution >= 4 is 41.3 Å². The summed E-state index contributed by atoms with van der Waals surface area (Å²) in [6.45, 7) is 19.3. The van der Waals surface area contributed by atoms with E-state index in [9.17, 15) is 8.42 Å². The summed E-state index contributed by atoms with van der Waals surface area (Å²) >= 11 is 0. The Labute approximate surface area is 329 Å². The highest BCUT2D eigenvalue weighted by molar-refractivity contribution is 8.33. The first kappa shape index (κ1) is 40.3. The Morgan fingerprint density at radius 3 is 1.16 bits per heavy atom. The minimum absolute atomic E-state index is 0.00493. The van der Waals surface area contributed by atoms with Crippen molar-refractivity contribution in [3.63, 3.8) is 0 Å². The molecule has 0 aliphatic heterocycles. The highest BCUT2D eigenvalue weighted by Crippen LogP contribution is 2.70. The minimum atomic E-state index is -4.59. The zero-order valence-electron chi connectivity index (χ0n) is 33.0. The molecule has 0 aliphatic carbocycles. The van der Waals surface area contributed by atoms with Crippen molar-refractivity contribution in [2.75, 3.05) is 0 Å². The van der Waals surface area contributed by atoms with Gasteiger partial charge in [-0.25, -0.2) is 3.63 Å². The van der Waals surface area contributed by atoms with Crippen molar-refractivity contribution in [3.05, 3.63) is 156 Å². The summed E-state index contributed by atoms with van der Waals surface area (Å²) in [5.41, 5.74) is 2.90. The fourth-order valence-corrected chi connectivity index (χ4v) is 12.8. The average Bonchev–Trinajstić information content (AvgIpc) is 3.13. The molecule has 0 saturated heterocycles. The zero-order chi connectivity index (χ0) is 40.0. The monoisotopic (exact) mass is 794 g/mol. The number of hydrogen-bond acceptors (Lipinski definition) is 6. The first-order valence-electron chi connectivity index (χ1n) is 18.3. The predicted molar refractivity (Wildman–Crippen MR) is 224 cm³/mol. The van der Waals surface area contributed by atoms with Gasteiger partial charge < -0.3 is 4.18 Å². The first-order valence-corrected chi connectivity index (χ1v) is 22.6. The van der Waals surface area contributed by atoms with Gasteiger partial charge in [0, 0.05) is 25.5 Å². The van der Waals surface area contributed by atoms with Crippen LogP contribution in [0.2, 0.25) is 0 Å². The van der Waals surface area contributed by atoms with E-state index in [1.165, 1.54) is 24.3 Å². The lowest BCUT2D eigenvalue weighted by Gasteiger charge is -2.40. The fraction of sp³-hybridized carbons (Fsp3) is 0.261. The van der Waals surface area contributed by atoms with Gasteiger partial charge in [0.2, 0.25) is 0 Å². The van der Waals surface area contributed by atoms with Crippen molar-refractivity contribution in [1.29, 1.82) is 0 Å². The molecule has 6 aromatic carbocycles. The predicted octanol–water partition coefficient (Wildman–Crippen LogP) is 12.1. The average molecular weight is 795 g/mol. The summed E-state index contributed by atoms with van der Waals surface area (Å²) in [5, 5.41) is 0.580. The SMILES string of the molecule is CC(C)(C)c1ccc(S(OS(=O)(=O)c2ccc(OS(=O)(=O)c3ccccc3)c3ccccc23)(c2ccc(C(C)(C)C)cc2)c2ccc(C(C)(C)C)cc2)cc1. The van der Waals surface area contributed by atoms with E-state index in [-0.39, 0.29) is 37.2 Å². The van der Waals surface area contributed by atoms with Crippen LogP contribution in [0, 0.1) is 0 Å². The molecule has 0 fully saturated rings. The standard InChI is InChI=1S/C46H50O6S3/c1-44(2,3)33-19-25-36(26-20-33)53(37-27-21-34(22-28-37)45(4,5)6,38-29-23-35(24-30-38)46(7,8)9)52-55(49,50)43-32-31-42(40-17-13-14-18-41(40)43)51-54(47,48)39-15-11-10-12-16-39/h10-32H,1-9H3. The van der Waals surface area contributed by atoms with Gasteiger partial charge in [-0.3, -0.25) is 0 Å². The molecule has 0 spiro atoms. The second-order valence-electron chi connectivity index (χ2n) is 16.9. The van der Waals surface area contributed by atoms with E-state index in [4.69, 9.17) is 7.81 Å². The summed E-state index contributed by atoms with van der Waals surface area (Å²) in [6, 6.07) is 41.5. The van der Waals surface area contributed by atoms with E-state index in [1.807, 2.05) is 36.4 Å². The Morgan fingerprint density at radius 1 is 0.382 bits per heavy atom. The molecule has 0 atom stereocenters. The molecule has 55 heavy (non-hydrogen) atoms. The first-order chi connectivity index (χ1) is 25.6. The van der Waals surface area contributed by atoms with Gasteiger partial charge in [0.1, 0.15) is 9.79 Å². The molecule has 9 heteroatoms. The Bertz CT molecular complexity index is 2380. The molecule has 6 rings (SSSR count). The van der Waals surface area contributed by atoms with Gasteiger partial charge in [0.15, 0.2) is 5.75 Å². The topological polar surface area (TPSA) is 86.7 Å². The van der Waals surface area contributed by atoms with Crippen LogP contribution in [0.1, 0.15) is 79.0 Å². The van der Waals surface area contributed by atoms with Crippen LogP contribution in [0.4, 0.5) is 0 Å². The maximum Gasteiger partial charge on any atom is 0.339 e. The normalized spacial score (nSPS) is 13.5. The van der Waals surface area contributed by atoms with E-state index in [2.05, 4.69) is 98.7 Å². The quantitative estimate of drug-likeness (QED) is 0.135. The van der Waals surface area contributed by atoms with Crippen LogP contribution in [0.3, 0.4) is 0 Å². The summed E-state index contributed by atoms with van der Waals surface area (Å²) in [7, 11) is -11.8. The van der Waals surface area contributed by atoms with E-state index in [1.54, 1.807) is 42.5 Å². The summed E-state index contributed by atoms with van der Waals surface area (Å²) in [6.07, 6.45) is 0. The van der Waals surface area contributed by atoms with Crippen LogP contribution < -0.4 is 4.18 Å². The third kappa shape index (κ3) is 8.26. The van der Waals surface area contributed by atoms with E-state index >= 15 is 8.42 Å². The summed E-state index contributed by atoms with van der Waals surface area (Å²) in [4.78, 5) is 2.03. The Kier molecular flexibility index (Phi) is 10.7. The molecular weight excluding hydrogens is 745 g/mol. The molecule has 0 radical (unpaired) electrons. The molecule has 0 unspecified atom stereocenters. The van der Waals surface area contributed by atoms with Crippen LogP contribution in [0.5, 0.6) is 5.75 Å². The molecule has 0 N–H and O–H groups in total. The van der Waals surface area contributed by atoms with Crippen molar-refractivity contribution in [2.45, 2.75) is 103 Å². The largest absolute Gasteiger partial charge is 0.378 e. The second kappa shape index (κ2) is 14.6. The lowest BCUT2D eigenvalue weighted by Crippen LogP contribution is -2.17. The third-order valence-corrected chi connectivity index (χ3v) is 16.2. The highest BCUT2D eigenvalue weighted by atomic mass is 32.3. The minimum Gasteiger partial charge on any atom is -0.378 e. The molecule has 0 aromatic heterocycles. The van der Waals surface area contributed by atoms with Crippen LogP contribution in [0.25, 0.3) is 10.8 Å². The smallest absolute Gasteiger partial charge is 0.339 e. The van der Waals surface area contributed by atoms with Crippen molar-refractivity contribution < 1.29 is 24.6 Å². The van der Waals surface area contributed by atoms with Crippen LogP contribution in [-0.4, -0.2) is 16.8 Å². The lowest BCUT2D eigenvalue weighted by atomic mass is 9.87. The molecule has 0 heterocycles. The van der Waals surface area contributed by atoms with Gasteiger partial charge in [-0.1, -0.05) is 141 Å². The fourth-order valence-electron chi connectivity index (χ4n) is 6.42. The maximum atomic E-state index is 15.1. The molecule has 0 saturated carbocycles. The number of fused-ring (bicyclic) bond motifs is 1. The van der Waals surface area contributed by atoms with E-state index in [0.29, 0.717) is 20.1 Å². The van der Waals surface area contributed by atoms with Crippen molar-refractivity contribution in [2.24, 2.45) is 0 Å². The second-order valence-corrected chi connectivity index (χ2v) is 22.8. The summed E-state index contributed by atoms with van der Waals surface area (Å²) in [5.74, 6) is 0.00493. The number of benzene rings is 6. The third-order valence-electron chi connectivity index (χ3n) is 9.69. The van der Waals surface area contributed by atoms with E-state index in [0.717, 1.165) is 16.7 Å². The molecule has 6 aromatic rings. The van der Waals surface area contributed by atoms with Crippen LogP contribution >= 0.6 is 10.3 Å². The van der Waals surface area contributed by atoms with Crippen molar-refractivity contribution in [3.8, 4) is 5.75 Å². The van der Waals surface area contributed by atoms with E-state index < -0.39 is 30.5 Å². The Morgan fingerprint density at radius 2 is 0.764 bits per heavy atom. The van der Waals surface area contributed by atoms with Crippen molar-refractivity contribution in [1.82, 2.24) is 0 Å². The highest BCUT2D eigenvalue weighted by Gasteiger charge is 2.40. The molecule has 0 bridgehead atoms. The number of rotatable bonds is 9. The molecule has 6 nitrogen and oxygen atoms in total. The molecule has 288 valence electrons. The number of hydrogen-bond donors (Lipinski definition) is 0. The van der Waals surface area contributed by atoms with Gasteiger partial charge in [-0.2, -0.15) is 16.8 Å². The molecule has 0 amide bonds. The van der Waals surface area contributed by atoms with Crippen LogP contribution in [0.15, 0.2) is 164 Å². The van der Waals surface area contributed by atoms with Crippen LogP contribution in [-0.2, 0) is 40.1 Å². The maximum absolute atomic E-state index is 15.1. The Hall–Kier alpha value is -4.41. The van der Waals surface area contributed by atoms with Gasteiger partial charge in [0.25, 0.3) is 0 Å².